The summed E-state index contributed by atoms with van der Waals surface area (Å²) in [6, 6.07) is 0. The van der Waals surface area contributed by atoms with E-state index in [1.807, 2.05) is 0 Å². The van der Waals surface area contributed by atoms with Crippen LogP contribution in [0.1, 0.15) is 193 Å². The van der Waals surface area contributed by atoms with Crippen LogP contribution in [0.4, 0.5) is 0 Å². The Bertz CT molecular complexity index is 855. The van der Waals surface area contributed by atoms with Crippen molar-refractivity contribution in [1.29, 1.82) is 0 Å². The molecule has 0 atom stereocenters. The molecule has 6 aliphatic carbocycles. The number of rotatable bonds is 8. The Morgan fingerprint density at radius 1 is 0.373 bits per heavy atom. The van der Waals surface area contributed by atoms with Gasteiger partial charge in [-0.15, -0.1) is 0 Å². The molecule has 6 aliphatic rings. The van der Waals surface area contributed by atoms with Gasteiger partial charge >= 0.3 is 97.4 Å². The molecular weight excluding hydrogens is 819 g/mol. The Kier molecular flexibility index (Phi) is 21.7. The average Bonchev–Trinajstić information content (AvgIpc) is 3.13. The maximum absolute atomic E-state index is 5.91. The fourth-order valence-electron chi connectivity index (χ4n) is 12.1. The molecule has 0 radical (unpaired) electrons. The van der Waals surface area contributed by atoms with Crippen LogP contribution in [-0.4, -0.2) is 54.4 Å². The summed E-state index contributed by atoms with van der Waals surface area (Å²) in [4.78, 5) is 1.52. The van der Waals surface area contributed by atoms with Gasteiger partial charge in [0, 0.05) is 15.8 Å². The summed E-state index contributed by atoms with van der Waals surface area (Å²) >= 11 is -1.74. The Hall–Kier alpha value is 2.15. The average molecular weight is 905 g/mol. The van der Waals surface area contributed by atoms with E-state index in [9.17, 15) is 0 Å². The first-order valence-corrected chi connectivity index (χ1v) is 38.6. The minimum absolute atomic E-state index is 0.0465. The van der Waals surface area contributed by atoms with Gasteiger partial charge in [-0.3, -0.25) is 0 Å². The van der Waals surface area contributed by atoms with Gasteiger partial charge in [-0.25, -0.2) is 0 Å². The molecule has 0 amide bonds. The summed E-state index contributed by atoms with van der Waals surface area (Å²) in [5.74, 6) is 0. The summed E-state index contributed by atoms with van der Waals surface area (Å²) in [5, 5.41) is 0. The van der Waals surface area contributed by atoms with Gasteiger partial charge in [0.05, 0.1) is 34.0 Å². The maximum atomic E-state index is 5.91. The van der Waals surface area contributed by atoms with E-state index >= 15 is 0 Å². The van der Waals surface area contributed by atoms with Crippen molar-refractivity contribution in [3.05, 3.63) is 4.82 Å². The number of hydrogen-bond donors (Lipinski definition) is 0. The van der Waals surface area contributed by atoms with Gasteiger partial charge in [-0.05, 0) is 154 Å². The number of halogens is 2. The molecule has 0 aromatic rings. The molecular formula is C44H86Cl2P2RuSi2+2. The molecule has 0 saturated heterocycles. The molecule has 0 heterocycles. The second-order valence-corrected chi connectivity index (χ2v) is 42.9. The zero-order valence-corrected chi connectivity index (χ0v) is 42.0. The van der Waals surface area contributed by atoms with E-state index in [0.717, 1.165) is 0 Å². The van der Waals surface area contributed by atoms with Crippen LogP contribution in [0, 0.1) is 0 Å². The van der Waals surface area contributed by atoms with E-state index in [-0.39, 0.29) is 15.8 Å². The third-order valence-electron chi connectivity index (χ3n) is 14.1. The predicted octanol–water partition coefficient (Wildman–Crippen LogP) is 16.4. The summed E-state index contributed by atoms with van der Waals surface area (Å²) in [7, 11) is 9.22. The molecule has 7 heteroatoms. The zero-order valence-electron chi connectivity index (χ0n) is 34.8. The quantitative estimate of drug-likeness (QED) is 0.168. The van der Waals surface area contributed by atoms with Gasteiger partial charge in [0.2, 0.25) is 0 Å². The van der Waals surface area contributed by atoms with Gasteiger partial charge < -0.3 is 0 Å². The van der Waals surface area contributed by atoms with Crippen molar-refractivity contribution in [3.8, 4) is 0 Å². The Morgan fingerprint density at radius 3 is 0.667 bits per heavy atom. The zero-order chi connectivity index (χ0) is 36.7. The molecule has 0 bridgehead atoms. The van der Waals surface area contributed by atoms with Crippen LogP contribution in [0.3, 0.4) is 0 Å². The second kappa shape index (κ2) is 24.2. The molecule has 300 valence electrons. The SMILES string of the molecule is C1CCC([PH+](C2CCCCC2)C2CCCCC2)CC1.C1CCC([PH+](C2CCCCC2)C2CCCCC2)CC1.C[Si](C)(C)C(=[C]=[Ru]([Cl])[Cl])[Si](C)(C)C. The van der Waals surface area contributed by atoms with Gasteiger partial charge in [0.25, 0.3) is 0 Å². The third-order valence-corrected chi connectivity index (χ3v) is 33.3. The molecule has 6 rings (SSSR count). The summed E-state index contributed by atoms with van der Waals surface area (Å²) < 4.78 is 3.37. The first-order chi connectivity index (χ1) is 24.4. The van der Waals surface area contributed by atoms with Gasteiger partial charge in [-0.2, -0.15) is 0 Å². The third kappa shape index (κ3) is 16.1. The van der Waals surface area contributed by atoms with E-state index in [1.165, 1.54) is 38.8 Å². The first-order valence-electron chi connectivity index (χ1n) is 22.8. The van der Waals surface area contributed by atoms with E-state index in [2.05, 4.69) is 43.5 Å². The fraction of sp³-hybridized carbons (Fsp3) is 0.955. The number of hydrogen-bond acceptors (Lipinski definition) is 0. The van der Waals surface area contributed by atoms with Crippen LogP contribution in [-0.2, 0) is 13.5 Å². The standard InChI is InChI=1S/2C18H33P.C8H18Si2.2ClH.Ru/c2*1-4-10-16(11-5-1)19(17-12-6-2-7-13-17)18-14-8-3-9-15-18;1-8(9(2,3)4)10(5,6)7;;;/h2*16-18H,1-15H2;2-7H3;2*1H;/q;;;;;+2. The van der Waals surface area contributed by atoms with Gasteiger partial charge in [-0.1, -0.05) is 38.5 Å². The van der Waals surface area contributed by atoms with Crippen LogP contribution in [0.2, 0.25) is 39.3 Å². The van der Waals surface area contributed by atoms with Crippen LogP contribution in [0.25, 0.3) is 0 Å². The molecule has 6 fully saturated rings. The van der Waals surface area contributed by atoms with Crippen molar-refractivity contribution >= 4 is 55.6 Å². The molecule has 6 saturated carbocycles. The van der Waals surface area contributed by atoms with E-state index in [4.69, 9.17) is 19.4 Å². The second-order valence-electron chi connectivity index (χ2n) is 20.2. The minimum atomic E-state index is -1.74. The Labute approximate surface area is 337 Å². The molecule has 0 unspecified atom stereocenters. The van der Waals surface area contributed by atoms with Gasteiger partial charge in [0.1, 0.15) is 0 Å². The summed E-state index contributed by atoms with van der Waals surface area (Å²) in [6.45, 7) is 14.1. The fourth-order valence-corrected chi connectivity index (χ4v) is 39.5. The topological polar surface area (TPSA) is 0 Å². The normalized spacial score (nSPS) is 25.0. The molecule has 0 aromatic heterocycles. The Balaban J connectivity index is 0.000000176. The molecule has 0 spiro atoms. The predicted molar refractivity (Wildman–Crippen MR) is 245 cm³/mol. The summed E-state index contributed by atoms with van der Waals surface area (Å²) in [5.41, 5.74) is 7.36. The van der Waals surface area contributed by atoms with Gasteiger partial charge in [0.15, 0.2) is 0 Å². The molecule has 0 N–H and O–H groups in total. The van der Waals surface area contributed by atoms with Crippen molar-refractivity contribution in [2.45, 2.75) is 266 Å². The molecule has 0 nitrogen and oxygen atoms in total. The van der Waals surface area contributed by atoms with Crippen molar-refractivity contribution in [2.75, 3.05) is 0 Å². The van der Waals surface area contributed by atoms with Crippen molar-refractivity contribution in [1.82, 2.24) is 0 Å². The van der Waals surface area contributed by atoms with Crippen molar-refractivity contribution in [3.63, 3.8) is 0 Å². The van der Waals surface area contributed by atoms with Crippen LogP contribution in [0.15, 0.2) is 4.82 Å². The van der Waals surface area contributed by atoms with Crippen LogP contribution < -0.4 is 0 Å². The first kappa shape index (κ1) is 45.8. The van der Waals surface area contributed by atoms with E-state index in [1.54, 1.807) is 193 Å². The van der Waals surface area contributed by atoms with Crippen molar-refractivity contribution < 1.29 is 13.5 Å². The van der Waals surface area contributed by atoms with Crippen LogP contribution in [0.5, 0.6) is 0 Å². The van der Waals surface area contributed by atoms with Crippen molar-refractivity contribution in [2.24, 2.45) is 0 Å². The molecule has 0 aromatic carbocycles. The molecule has 0 aliphatic heterocycles. The van der Waals surface area contributed by atoms with E-state index < -0.39 is 29.7 Å². The summed E-state index contributed by atoms with van der Waals surface area (Å²) in [6.07, 6.45) is 47.6. The molecule has 51 heavy (non-hydrogen) atoms. The van der Waals surface area contributed by atoms with E-state index in [0.29, 0.717) is 0 Å². The van der Waals surface area contributed by atoms with Crippen LogP contribution >= 0.6 is 35.2 Å². The monoisotopic (exact) mass is 904 g/mol. The Morgan fingerprint density at radius 2 is 0.549 bits per heavy atom.